The molecule has 5 heteroatoms. The van der Waals surface area contributed by atoms with E-state index in [1.807, 2.05) is 24.3 Å². The smallest absolute Gasteiger partial charge is 0.264 e. The van der Waals surface area contributed by atoms with Crippen LogP contribution in [0.15, 0.2) is 24.3 Å². The Morgan fingerprint density at radius 1 is 1.32 bits per heavy atom. The summed E-state index contributed by atoms with van der Waals surface area (Å²) in [6.45, 7) is 1.55. The van der Waals surface area contributed by atoms with Gasteiger partial charge < -0.3 is 15.0 Å². The van der Waals surface area contributed by atoms with Crippen molar-refractivity contribution in [1.29, 1.82) is 0 Å². The fraction of sp³-hybridized carbons (Fsp3) is 0.429. The van der Waals surface area contributed by atoms with Crippen molar-refractivity contribution in [2.24, 2.45) is 0 Å². The molecular formula is C14H14N2O3. The quantitative estimate of drug-likeness (QED) is 0.760. The lowest BCUT2D eigenvalue weighted by molar-refractivity contribution is -0.131. The van der Waals surface area contributed by atoms with Crippen molar-refractivity contribution in [3.63, 3.8) is 0 Å². The molecule has 4 rings (SSSR count). The molecule has 19 heavy (non-hydrogen) atoms. The number of benzene rings is 1. The number of hydrogen-bond donors (Lipinski definition) is 1. The fourth-order valence-corrected chi connectivity index (χ4v) is 3.11. The minimum absolute atomic E-state index is 0.0515. The van der Waals surface area contributed by atoms with Gasteiger partial charge in [-0.2, -0.15) is 0 Å². The molecule has 1 spiro atoms. The van der Waals surface area contributed by atoms with Crippen LogP contribution in [-0.4, -0.2) is 35.9 Å². The van der Waals surface area contributed by atoms with Crippen molar-refractivity contribution in [3.8, 4) is 0 Å². The number of nitrogens with one attached hydrogen (secondary N) is 1. The molecule has 0 aromatic heterocycles. The van der Waals surface area contributed by atoms with Gasteiger partial charge in [-0.05, 0) is 18.9 Å². The maximum atomic E-state index is 12.3. The number of anilines is 1. The minimum Gasteiger partial charge on any atom is -0.340 e. The number of nitrogens with zero attached hydrogens (tertiary/aromatic N) is 1. The first-order chi connectivity index (χ1) is 9.23. The van der Waals surface area contributed by atoms with Gasteiger partial charge >= 0.3 is 0 Å². The average Bonchev–Trinajstić information content (AvgIpc) is 2.79. The molecule has 2 fully saturated rings. The SMILES string of the molecule is O=C([C@H]1O[C@]12C(=O)Nc1ccccc12)N1CCCC1. The zero-order valence-electron chi connectivity index (χ0n) is 10.4. The number of ether oxygens (including phenoxy) is 1. The first kappa shape index (κ1) is 11.0. The number of likely N-dealkylation sites (tertiary alicyclic amines) is 1. The maximum Gasteiger partial charge on any atom is 0.264 e. The van der Waals surface area contributed by atoms with Crippen LogP contribution < -0.4 is 5.32 Å². The maximum absolute atomic E-state index is 12.3. The highest BCUT2D eigenvalue weighted by Crippen LogP contribution is 2.54. The Balaban J connectivity index is 1.66. The standard InChI is InChI=1S/C14H14N2O3/c17-12(16-7-3-4-8-16)11-14(19-11)9-5-1-2-6-10(9)15-13(14)18/h1-2,5-6,11H,3-4,7-8H2,(H,15,18)/t11-,14+/m1/s1. The molecule has 2 saturated heterocycles. The van der Waals surface area contributed by atoms with Crippen molar-refractivity contribution >= 4 is 17.5 Å². The summed E-state index contributed by atoms with van der Waals surface area (Å²) in [5.74, 6) is -0.268. The summed E-state index contributed by atoms with van der Waals surface area (Å²) in [5.41, 5.74) is 0.484. The number of fused-ring (bicyclic) bond motifs is 2. The molecule has 1 aromatic carbocycles. The van der Waals surface area contributed by atoms with Crippen LogP contribution >= 0.6 is 0 Å². The molecule has 0 unspecified atom stereocenters. The molecule has 2 atom stereocenters. The normalized spacial score (nSPS) is 31.5. The Bertz CT molecular complexity index is 580. The van der Waals surface area contributed by atoms with Gasteiger partial charge in [0.2, 0.25) is 5.60 Å². The Labute approximate surface area is 110 Å². The molecule has 2 amide bonds. The van der Waals surface area contributed by atoms with Gasteiger partial charge in [-0.1, -0.05) is 18.2 Å². The van der Waals surface area contributed by atoms with Gasteiger partial charge in [0.1, 0.15) is 0 Å². The fourth-order valence-electron chi connectivity index (χ4n) is 3.11. The second-order valence-corrected chi connectivity index (χ2v) is 5.27. The summed E-state index contributed by atoms with van der Waals surface area (Å²) in [6.07, 6.45) is 1.43. The van der Waals surface area contributed by atoms with Crippen LogP contribution in [0.4, 0.5) is 5.69 Å². The van der Waals surface area contributed by atoms with E-state index >= 15 is 0 Å². The highest BCUT2D eigenvalue weighted by molar-refractivity contribution is 6.11. The van der Waals surface area contributed by atoms with Crippen molar-refractivity contribution in [2.45, 2.75) is 24.5 Å². The largest absolute Gasteiger partial charge is 0.340 e. The number of para-hydroxylation sites is 1. The number of carbonyl (C=O) groups is 2. The molecule has 0 radical (unpaired) electrons. The molecule has 0 bridgehead atoms. The van der Waals surface area contributed by atoms with Crippen LogP contribution in [-0.2, 0) is 19.9 Å². The molecule has 98 valence electrons. The molecule has 3 aliphatic heterocycles. The first-order valence-electron chi connectivity index (χ1n) is 6.61. The molecule has 0 aliphatic carbocycles. The summed E-state index contributed by atoms with van der Waals surface area (Å²) in [6, 6.07) is 7.41. The van der Waals surface area contributed by atoms with Gasteiger partial charge in [0, 0.05) is 24.3 Å². The Kier molecular flexibility index (Phi) is 2.07. The number of hydrogen-bond acceptors (Lipinski definition) is 3. The van der Waals surface area contributed by atoms with E-state index in [4.69, 9.17) is 4.74 Å². The molecule has 0 saturated carbocycles. The van der Waals surface area contributed by atoms with Crippen LogP contribution in [0.25, 0.3) is 0 Å². The first-order valence-corrected chi connectivity index (χ1v) is 6.61. The van der Waals surface area contributed by atoms with E-state index in [0.717, 1.165) is 37.2 Å². The summed E-state index contributed by atoms with van der Waals surface area (Å²) < 4.78 is 5.58. The predicted octanol–water partition coefficient (Wildman–Crippen LogP) is 0.855. The van der Waals surface area contributed by atoms with E-state index in [9.17, 15) is 9.59 Å². The lowest BCUT2D eigenvalue weighted by atomic mass is 9.96. The lowest BCUT2D eigenvalue weighted by Crippen LogP contribution is -2.36. The predicted molar refractivity (Wildman–Crippen MR) is 67.4 cm³/mol. The zero-order valence-corrected chi connectivity index (χ0v) is 10.4. The Morgan fingerprint density at radius 2 is 2.05 bits per heavy atom. The third kappa shape index (κ3) is 1.33. The van der Waals surface area contributed by atoms with E-state index < -0.39 is 11.7 Å². The molecule has 3 heterocycles. The van der Waals surface area contributed by atoms with Gasteiger partial charge in [-0.3, -0.25) is 9.59 Å². The summed E-state index contributed by atoms with van der Waals surface area (Å²) >= 11 is 0. The highest BCUT2D eigenvalue weighted by Gasteiger charge is 2.71. The second-order valence-electron chi connectivity index (χ2n) is 5.27. The molecular weight excluding hydrogens is 244 g/mol. The van der Waals surface area contributed by atoms with Crippen LogP contribution in [0.3, 0.4) is 0 Å². The van der Waals surface area contributed by atoms with Crippen molar-refractivity contribution in [2.75, 3.05) is 18.4 Å². The van der Waals surface area contributed by atoms with Crippen LogP contribution in [0.1, 0.15) is 18.4 Å². The van der Waals surface area contributed by atoms with Crippen molar-refractivity contribution < 1.29 is 14.3 Å². The van der Waals surface area contributed by atoms with Gasteiger partial charge in [-0.25, -0.2) is 0 Å². The van der Waals surface area contributed by atoms with Gasteiger partial charge in [0.25, 0.3) is 11.8 Å². The molecule has 3 aliphatic rings. The topological polar surface area (TPSA) is 61.9 Å². The zero-order chi connectivity index (χ0) is 13.0. The summed E-state index contributed by atoms with van der Waals surface area (Å²) in [4.78, 5) is 26.3. The number of amides is 2. The van der Waals surface area contributed by atoms with E-state index in [0.29, 0.717) is 0 Å². The monoisotopic (exact) mass is 258 g/mol. The average molecular weight is 258 g/mol. The molecule has 5 nitrogen and oxygen atoms in total. The van der Waals surface area contributed by atoms with E-state index in [1.54, 1.807) is 4.90 Å². The van der Waals surface area contributed by atoms with Crippen LogP contribution in [0.2, 0.25) is 0 Å². The third-order valence-electron chi connectivity index (χ3n) is 4.17. The van der Waals surface area contributed by atoms with Gasteiger partial charge in [0.15, 0.2) is 6.10 Å². The number of rotatable bonds is 1. The van der Waals surface area contributed by atoms with Gasteiger partial charge in [-0.15, -0.1) is 0 Å². The van der Waals surface area contributed by atoms with Gasteiger partial charge in [0.05, 0.1) is 0 Å². The second kappa shape index (κ2) is 3.57. The minimum atomic E-state index is -1.06. The van der Waals surface area contributed by atoms with Crippen molar-refractivity contribution in [3.05, 3.63) is 29.8 Å². The molecule has 1 N–H and O–H groups in total. The number of epoxide rings is 1. The van der Waals surface area contributed by atoms with Crippen LogP contribution in [0, 0.1) is 0 Å². The van der Waals surface area contributed by atoms with E-state index in [1.165, 1.54) is 0 Å². The van der Waals surface area contributed by atoms with Crippen molar-refractivity contribution in [1.82, 2.24) is 4.90 Å². The summed E-state index contributed by atoms with van der Waals surface area (Å²) in [5, 5.41) is 2.79. The Hall–Kier alpha value is -1.88. The number of carbonyl (C=O) groups excluding carboxylic acids is 2. The highest BCUT2D eigenvalue weighted by atomic mass is 16.6. The summed E-state index contributed by atoms with van der Waals surface area (Å²) in [7, 11) is 0. The third-order valence-corrected chi connectivity index (χ3v) is 4.17. The Morgan fingerprint density at radius 3 is 2.84 bits per heavy atom. The van der Waals surface area contributed by atoms with E-state index in [2.05, 4.69) is 5.32 Å². The molecule has 1 aromatic rings. The van der Waals surface area contributed by atoms with Crippen LogP contribution in [0.5, 0.6) is 0 Å². The lowest BCUT2D eigenvalue weighted by Gasteiger charge is -2.14. The van der Waals surface area contributed by atoms with E-state index in [-0.39, 0.29) is 11.8 Å².